The highest BCUT2D eigenvalue weighted by molar-refractivity contribution is 5.22. The van der Waals surface area contributed by atoms with Crippen LogP contribution in [0.4, 0.5) is 0 Å². The van der Waals surface area contributed by atoms with Crippen molar-refractivity contribution < 1.29 is 0 Å². The molecule has 1 atom stereocenters. The molecular weight excluding hydrogens is 184 g/mol. The lowest BCUT2D eigenvalue weighted by Gasteiger charge is -2.26. The zero-order valence-corrected chi connectivity index (χ0v) is 10.2. The average molecular weight is 208 g/mol. The normalized spacial score (nSPS) is 28.4. The maximum absolute atomic E-state index is 3.32. The summed E-state index contributed by atoms with van der Waals surface area (Å²) in [5, 5.41) is 3.32. The van der Waals surface area contributed by atoms with Crippen molar-refractivity contribution in [1.29, 1.82) is 0 Å². The van der Waals surface area contributed by atoms with Gasteiger partial charge in [-0.2, -0.15) is 0 Å². The summed E-state index contributed by atoms with van der Waals surface area (Å²) in [6.45, 7) is 10.8. The van der Waals surface area contributed by atoms with E-state index in [0.717, 1.165) is 19.0 Å². The molecule has 0 aliphatic carbocycles. The van der Waals surface area contributed by atoms with Crippen LogP contribution in [0.1, 0.15) is 33.1 Å². The van der Waals surface area contributed by atoms with Gasteiger partial charge in [0.1, 0.15) is 0 Å². The molecule has 0 aromatic rings. The lowest BCUT2D eigenvalue weighted by atomic mass is 10.0. The second-order valence-electron chi connectivity index (χ2n) is 5.30. The second-order valence-corrected chi connectivity index (χ2v) is 5.30. The molecule has 2 nitrogen and oxygen atoms in total. The molecule has 15 heavy (non-hydrogen) atoms. The zero-order chi connectivity index (χ0) is 10.7. The van der Waals surface area contributed by atoms with E-state index in [0.29, 0.717) is 0 Å². The summed E-state index contributed by atoms with van der Waals surface area (Å²) >= 11 is 0. The van der Waals surface area contributed by atoms with Crippen LogP contribution in [0.25, 0.3) is 0 Å². The van der Waals surface area contributed by atoms with Crippen LogP contribution in [0.15, 0.2) is 11.1 Å². The highest BCUT2D eigenvalue weighted by Crippen LogP contribution is 2.18. The maximum Gasteiger partial charge on any atom is 0.0193 e. The number of hydrogen-bond donors (Lipinski definition) is 1. The first-order valence-corrected chi connectivity index (χ1v) is 6.36. The Morgan fingerprint density at radius 2 is 2.13 bits per heavy atom. The summed E-state index contributed by atoms with van der Waals surface area (Å²) in [5.74, 6) is 0.938. The Labute approximate surface area is 93.7 Å². The lowest BCUT2D eigenvalue weighted by molar-refractivity contribution is 0.303. The summed E-state index contributed by atoms with van der Waals surface area (Å²) in [5.41, 5.74) is 3.26. The van der Waals surface area contributed by atoms with E-state index >= 15 is 0 Å². The molecular formula is C13H24N2. The first-order valence-electron chi connectivity index (χ1n) is 6.36. The Bertz CT molecular complexity index is 239. The van der Waals surface area contributed by atoms with Crippen LogP contribution >= 0.6 is 0 Å². The summed E-state index contributed by atoms with van der Waals surface area (Å²) in [7, 11) is 0. The van der Waals surface area contributed by atoms with E-state index in [4.69, 9.17) is 0 Å². The summed E-state index contributed by atoms with van der Waals surface area (Å²) in [6, 6.07) is 0. The third-order valence-corrected chi connectivity index (χ3v) is 3.85. The summed E-state index contributed by atoms with van der Waals surface area (Å²) in [6.07, 6.45) is 4.20. The van der Waals surface area contributed by atoms with Gasteiger partial charge in [-0.1, -0.05) is 12.5 Å². The molecule has 0 bridgehead atoms. The van der Waals surface area contributed by atoms with Gasteiger partial charge in [0.2, 0.25) is 0 Å². The highest BCUT2D eigenvalue weighted by atomic mass is 15.1. The minimum absolute atomic E-state index is 0.938. The summed E-state index contributed by atoms with van der Waals surface area (Å²) < 4.78 is 0. The maximum atomic E-state index is 3.32. The molecule has 2 aliphatic rings. The minimum atomic E-state index is 0.938. The van der Waals surface area contributed by atoms with Crippen LogP contribution in [0.3, 0.4) is 0 Å². The third-order valence-electron chi connectivity index (χ3n) is 3.85. The third kappa shape index (κ3) is 3.05. The molecule has 0 aromatic heterocycles. The van der Waals surface area contributed by atoms with Crippen molar-refractivity contribution in [2.75, 3.05) is 32.7 Å². The highest BCUT2D eigenvalue weighted by Gasteiger charge is 2.16. The fourth-order valence-corrected chi connectivity index (χ4v) is 2.48. The fourth-order valence-electron chi connectivity index (χ4n) is 2.48. The number of hydrogen-bond acceptors (Lipinski definition) is 2. The average Bonchev–Trinajstić information content (AvgIpc) is 2.28. The van der Waals surface area contributed by atoms with Gasteiger partial charge < -0.3 is 5.32 Å². The van der Waals surface area contributed by atoms with Gasteiger partial charge in [-0.15, -0.1) is 0 Å². The number of rotatable bonds is 2. The Balaban J connectivity index is 1.83. The Morgan fingerprint density at radius 3 is 2.80 bits per heavy atom. The quantitative estimate of drug-likeness (QED) is 0.699. The van der Waals surface area contributed by atoms with E-state index in [1.807, 2.05) is 0 Å². The molecule has 1 N–H and O–H groups in total. The van der Waals surface area contributed by atoms with Crippen molar-refractivity contribution in [2.45, 2.75) is 33.1 Å². The van der Waals surface area contributed by atoms with Crippen LogP contribution in [0, 0.1) is 5.92 Å². The van der Waals surface area contributed by atoms with Gasteiger partial charge in [0.25, 0.3) is 0 Å². The van der Waals surface area contributed by atoms with Gasteiger partial charge in [-0.3, -0.25) is 4.90 Å². The SMILES string of the molecule is CC(CN1CCCC(C)CC1)=C1CNC1. The van der Waals surface area contributed by atoms with Crippen molar-refractivity contribution in [3.05, 3.63) is 11.1 Å². The van der Waals surface area contributed by atoms with E-state index in [2.05, 4.69) is 24.1 Å². The molecule has 0 aromatic carbocycles. The van der Waals surface area contributed by atoms with Crippen molar-refractivity contribution in [1.82, 2.24) is 10.2 Å². The monoisotopic (exact) mass is 208 g/mol. The number of nitrogens with zero attached hydrogens (tertiary/aromatic N) is 1. The van der Waals surface area contributed by atoms with Gasteiger partial charge in [0.15, 0.2) is 0 Å². The molecule has 2 heterocycles. The van der Waals surface area contributed by atoms with Gasteiger partial charge in [-0.05, 0) is 50.8 Å². The van der Waals surface area contributed by atoms with Crippen molar-refractivity contribution in [3.8, 4) is 0 Å². The first kappa shape index (κ1) is 11.2. The van der Waals surface area contributed by atoms with E-state index in [1.165, 1.54) is 38.9 Å². The van der Waals surface area contributed by atoms with Gasteiger partial charge >= 0.3 is 0 Å². The van der Waals surface area contributed by atoms with E-state index in [-0.39, 0.29) is 0 Å². The zero-order valence-electron chi connectivity index (χ0n) is 10.2. The van der Waals surface area contributed by atoms with Gasteiger partial charge in [-0.25, -0.2) is 0 Å². The van der Waals surface area contributed by atoms with Crippen LogP contribution in [0.2, 0.25) is 0 Å². The van der Waals surface area contributed by atoms with Crippen molar-refractivity contribution in [2.24, 2.45) is 5.92 Å². The Morgan fingerprint density at radius 1 is 1.33 bits per heavy atom. The van der Waals surface area contributed by atoms with E-state index in [1.54, 1.807) is 11.1 Å². The fraction of sp³-hybridized carbons (Fsp3) is 0.846. The largest absolute Gasteiger partial charge is 0.309 e. The molecule has 2 heteroatoms. The van der Waals surface area contributed by atoms with E-state index < -0.39 is 0 Å². The number of likely N-dealkylation sites (tertiary alicyclic amines) is 1. The summed E-state index contributed by atoms with van der Waals surface area (Å²) in [4.78, 5) is 2.64. The van der Waals surface area contributed by atoms with E-state index in [9.17, 15) is 0 Å². The molecule has 0 spiro atoms. The minimum Gasteiger partial charge on any atom is -0.309 e. The van der Waals surface area contributed by atoms with Crippen LogP contribution in [-0.2, 0) is 0 Å². The molecule has 2 aliphatic heterocycles. The van der Waals surface area contributed by atoms with Gasteiger partial charge in [0, 0.05) is 19.6 Å². The molecule has 2 saturated heterocycles. The number of nitrogens with one attached hydrogen (secondary N) is 1. The molecule has 0 radical (unpaired) electrons. The predicted molar refractivity (Wildman–Crippen MR) is 65.0 cm³/mol. The molecule has 0 amide bonds. The van der Waals surface area contributed by atoms with Crippen LogP contribution < -0.4 is 5.32 Å². The predicted octanol–water partition coefficient (Wildman–Crippen LogP) is 2.03. The standard InChI is InChI=1S/C13H24N2/c1-11-4-3-6-15(7-5-11)10-12(2)13-8-14-9-13/h11,14H,3-10H2,1-2H3. The second kappa shape index (κ2) is 5.13. The smallest absolute Gasteiger partial charge is 0.0193 e. The molecule has 0 saturated carbocycles. The van der Waals surface area contributed by atoms with Crippen LogP contribution in [0.5, 0.6) is 0 Å². The lowest BCUT2D eigenvalue weighted by Crippen LogP contribution is -2.37. The Kier molecular flexibility index (Phi) is 3.81. The Hall–Kier alpha value is -0.340. The van der Waals surface area contributed by atoms with Gasteiger partial charge in [0.05, 0.1) is 0 Å². The molecule has 2 fully saturated rings. The molecule has 2 rings (SSSR count). The van der Waals surface area contributed by atoms with Crippen molar-refractivity contribution >= 4 is 0 Å². The molecule has 1 unspecified atom stereocenters. The first-order chi connectivity index (χ1) is 7.25. The topological polar surface area (TPSA) is 15.3 Å². The van der Waals surface area contributed by atoms with Crippen LogP contribution in [-0.4, -0.2) is 37.6 Å². The van der Waals surface area contributed by atoms with Crippen molar-refractivity contribution in [3.63, 3.8) is 0 Å². The molecule has 86 valence electrons.